The largest absolute Gasteiger partial charge is 0.477 e. The first-order valence-corrected chi connectivity index (χ1v) is 16.2. The minimum atomic E-state index is -4.20. The molecule has 11 nitrogen and oxygen atoms in total. The minimum absolute atomic E-state index is 0.0771. The first-order chi connectivity index (χ1) is 19.6. The quantitative estimate of drug-likeness (QED) is 0.292. The third-order valence-electron chi connectivity index (χ3n) is 7.92. The average Bonchev–Trinajstić information content (AvgIpc) is 3.72. The number of hydrogen-bond donors (Lipinski definition) is 2. The lowest BCUT2D eigenvalue weighted by atomic mass is 9.94. The number of aromatic nitrogens is 5. The highest BCUT2D eigenvalue weighted by atomic mass is 35.5. The summed E-state index contributed by atoms with van der Waals surface area (Å²) in [6, 6.07) is 6.07. The van der Waals surface area contributed by atoms with E-state index in [-0.39, 0.29) is 21.3 Å². The highest BCUT2D eigenvalue weighted by Gasteiger charge is 2.29. The maximum absolute atomic E-state index is 12.8. The van der Waals surface area contributed by atoms with Crippen molar-refractivity contribution >= 4 is 27.5 Å². The van der Waals surface area contributed by atoms with Gasteiger partial charge in [0.2, 0.25) is 5.88 Å². The molecule has 1 aliphatic heterocycles. The highest BCUT2D eigenvalue weighted by molar-refractivity contribution is 7.90. The summed E-state index contributed by atoms with van der Waals surface area (Å²) in [6.45, 7) is 6.60. The van der Waals surface area contributed by atoms with Crippen molar-refractivity contribution in [3.05, 3.63) is 47.4 Å². The van der Waals surface area contributed by atoms with Crippen LogP contribution < -0.4 is 14.8 Å². The first-order valence-electron chi connectivity index (χ1n) is 14.3. The van der Waals surface area contributed by atoms with E-state index >= 15 is 0 Å². The van der Waals surface area contributed by atoms with E-state index in [2.05, 4.69) is 34.3 Å². The fourth-order valence-corrected chi connectivity index (χ4v) is 6.88. The molecule has 5 rings (SSSR count). The first kappa shape index (κ1) is 29.5. The molecule has 0 spiro atoms. The van der Waals surface area contributed by atoms with Crippen LogP contribution in [0.2, 0.25) is 5.15 Å². The van der Waals surface area contributed by atoms with Crippen molar-refractivity contribution in [2.24, 2.45) is 11.8 Å². The third kappa shape index (κ3) is 7.66. The Morgan fingerprint density at radius 3 is 2.66 bits per heavy atom. The van der Waals surface area contributed by atoms with E-state index in [1.165, 1.54) is 42.5 Å². The summed E-state index contributed by atoms with van der Waals surface area (Å²) < 4.78 is 36.6. The predicted molar refractivity (Wildman–Crippen MR) is 155 cm³/mol. The number of rotatable bonds is 12. The molecule has 222 valence electrons. The molecule has 1 atom stereocenters. The zero-order valence-electron chi connectivity index (χ0n) is 23.6. The molecule has 2 aliphatic rings. The summed E-state index contributed by atoms with van der Waals surface area (Å²) in [6.07, 6.45) is 12.5. The van der Waals surface area contributed by atoms with Gasteiger partial charge in [-0.25, -0.2) is 14.4 Å². The van der Waals surface area contributed by atoms with Gasteiger partial charge >= 0.3 is 0 Å². The van der Waals surface area contributed by atoms with Crippen molar-refractivity contribution in [2.45, 2.75) is 82.3 Å². The molecule has 1 aliphatic carbocycles. The fraction of sp³-hybridized carbons (Fsp3) is 0.571. The van der Waals surface area contributed by atoms with Crippen LogP contribution in [0.5, 0.6) is 5.88 Å². The van der Waals surface area contributed by atoms with E-state index in [9.17, 15) is 13.2 Å². The second-order valence-corrected chi connectivity index (χ2v) is 13.7. The van der Waals surface area contributed by atoms with Crippen molar-refractivity contribution in [2.75, 3.05) is 13.2 Å². The molecule has 13 heteroatoms. The molecule has 3 aromatic heterocycles. The summed E-state index contributed by atoms with van der Waals surface area (Å²) in [5, 5.41) is 11.7. The minimum Gasteiger partial charge on any atom is -0.477 e. The van der Waals surface area contributed by atoms with Crippen LogP contribution in [-0.4, -0.2) is 57.6 Å². The van der Waals surface area contributed by atoms with Crippen LogP contribution in [0.1, 0.15) is 75.6 Å². The van der Waals surface area contributed by atoms with Gasteiger partial charge in [0.1, 0.15) is 5.15 Å². The normalized spacial score (nSPS) is 19.0. The van der Waals surface area contributed by atoms with Gasteiger partial charge in [-0.15, -0.1) is 5.10 Å². The number of halogens is 1. The molecule has 1 saturated heterocycles. The molecule has 41 heavy (non-hydrogen) atoms. The topological polar surface area (TPSA) is 133 Å². The lowest BCUT2D eigenvalue weighted by Gasteiger charge is -2.17. The molecule has 0 radical (unpaired) electrons. The van der Waals surface area contributed by atoms with Crippen molar-refractivity contribution in [1.29, 1.82) is 0 Å². The van der Waals surface area contributed by atoms with Gasteiger partial charge in [-0.1, -0.05) is 37.3 Å². The molecule has 2 N–H and O–H groups in total. The molecule has 1 amide bonds. The number of carbonyl (C=O) groups excluding carboxylic acids is 1. The summed E-state index contributed by atoms with van der Waals surface area (Å²) in [5.41, 5.74) is 0.0896. The van der Waals surface area contributed by atoms with Gasteiger partial charge in [0.05, 0.1) is 12.2 Å². The predicted octanol–water partition coefficient (Wildman–Crippen LogP) is 4.36. The van der Waals surface area contributed by atoms with Crippen LogP contribution in [-0.2, 0) is 16.6 Å². The SMILES string of the molecule is CC1(C)C[C@H](CCCn2ccc(S(=O)(=O)NC(=O)c3ccc(-n4ccc(OCCC5CCCC5)n4)nc3Cl)n2)CN1. The zero-order valence-corrected chi connectivity index (χ0v) is 25.1. The van der Waals surface area contributed by atoms with Crippen LogP contribution in [0.25, 0.3) is 5.82 Å². The number of nitrogens with zero attached hydrogens (tertiary/aromatic N) is 5. The number of hydrogen-bond acceptors (Lipinski definition) is 8. The number of amides is 1. The average molecular weight is 604 g/mol. The van der Waals surface area contributed by atoms with Gasteiger partial charge in [0.15, 0.2) is 10.8 Å². The Morgan fingerprint density at radius 2 is 1.93 bits per heavy atom. The van der Waals surface area contributed by atoms with E-state index in [1.54, 1.807) is 29.2 Å². The number of nitrogens with one attached hydrogen (secondary N) is 2. The van der Waals surface area contributed by atoms with Gasteiger partial charge in [-0.05, 0) is 76.1 Å². The molecule has 4 heterocycles. The zero-order chi connectivity index (χ0) is 29.0. The Bertz CT molecular complexity index is 1460. The highest BCUT2D eigenvalue weighted by Crippen LogP contribution is 2.28. The van der Waals surface area contributed by atoms with Crippen LogP contribution in [0.3, 0.4) is 0 Å². The van der Waals surface area contributed by atoms with Crippen molar-refractivity contribution in [3.8, 4) is 11.7 Å². The Balaban J connectivity index is 1.14. The van der Waals surface area contributed by atoms with E-state index in [0.29, 0.717) is 30.8 Å². The van der Waals surface area contributed by atoms with Crippen molar-refractivity contribution < 1.29 is 17.9 Å². The Kier molecular flexibility index (Phi) is 9.00. The molecule has 0 unspecified atom stereocenters. The number of ether oxygens (including phenoxy) is 1. The Labute approximate surface area is 246 Å². The van der Waals surface area contributed by atoms with Gasteiger partial charge < -0.3 is 10.1 Å². The monoisotopic (exact) mass is 603 g/mol. The van der Waals surface area contributed by atoms with Crippen LogP contribution >= 0.6 is 11.6 Å². The van der Waals surface area contributed by atoms with E-state index in [0.717, 1.165) is 38.1 Å². The van der Waals surface area contributed by atoms with Crippen LogP contribution in [0.4, 0.5) is 0 Å². The molecule has 0 bridgehead atoms. The fourth-order valence-electron chi connectivity index (χ4n) is 5.74. The molecular formula is C28H38ClN7O4S. The number of sulfonamides is 1. The van der Waals surface area contributed by atoms with E-state index in [1.807, 2.05) is 4.72 Å². The van der Waals surface area contributed by atoms with E-state index in [4.69, 9.17) is 16.3 Å². The Morgan fingerprint density at radius 1 is 1.12 bits per heavy atom. The van der Waals surface area contributed by atoms with Crippen LogP contribution in [0, 0.1) is 11.8 Å². The molecule has 0 aromatic carbocycles. The maximum atomic E-state index is 12.8. The molecule has 3 aromatic rings. The third-order valence-corrected chi connectivity index (χ3v) is 9.43. The lowest BCUT2D eigenvalue weighted by Crippen LogP contribution is -2.31. The summed E-state index contributed by atoms with van der Waals surface area (Å²) in [7, 11) is -4.20. The van der Waals surface area contributed by atoms with Gasteiger partial charge in [0, 0.05) is 30.5 Å². The number of aryl methyl sites for hydroxylation is 1. The summed E-state index contributed by atoms with van der Waals surface area (Å²) in [5.74, 6) is 1.29. The lowest BCUT2D eigenvalue weighted by molar-refractivity contribution is 0.0981. The molecule has 1 saturated carbocycles. The van der Waals surface area contributed by atoms with Gasteiger partial charge in [0.25, 0.3) is 15.9 Å². The summed E-state index contributed by atoms with van der Waals surface area (Å²) in [4.78, 5) is 17.0. The second kappa shape index (κ2) is 12.5. The van der Waals surface area contributed by atoms with Gasteiger partial charge in [-0.2, -0.15) is 13.5 Å². The van der Waals surface area contributed by atoms with Crippen LogP contribution in [0.15, 0.2) is 41.7 Å². The van der Waals surface area contributed by atoms with Crippen molar-refractivity contribution in [1.82, 2.24) is 34.6 Å². The Hall–Kier alpha value is -2.96. The molecular weight excluding hydrogens is 566 g/mol. The smallest absolute Gasteiger partial charge is 0.283 e. The van der Waals surface area contributed by atoms with E-state index < -0.39 is 15.9 Å². The molecule has 2 fully saturated rings. The maximum Gasteiger partial charge on any atom is 0.283 e. The summed E-state index contributed by atoms with van der Waals surface area (Å²) >= 11 is 6.28. The van der Waals surface area contributed by atoms with Crippen molar-refractivity contribution in [3.63, 3.8) is 0 Å². The standard InChI is InChI=1S/C28H38ClN7O4S/c1-28(2)18-21(19-30-28)8-5-14-35-15-12-25(33-35)41(38,39)34-27(37)22-9-10-23(31-26(22)29)36-16-11-24(32-36)40-17-13-20-6-3-4-7-20/h9-12,15-16,20-21,30H,3-8,13-14,17-19H2,1-2H3,(H,34,37)/t21-/m0/s1. The number of pyridine rings is 1. The number of carbonyl (C=O) groups is 1. The van der Waals surface area contributed by atoms with Gasteiger partial charge in [-0.3, -0.25) is 9.48 Å². The second-order valence-electron chi connectivity index (χ2n) is 11.7.